The zero-order valence-electron chi connectivity index (χ0n) is 16.3. The SMILES string of the molecule is Cc1c(Oc2cc(Cc3ccc(C(N)=O)cc3)ccn2)c(F)cc2c1OCCC2=O. The summed E-state index contributed by atoms with van der Waals surface area (Å²) in [6.45, 7) is 1.92. The molecule has 30 heavy (non-hydrogen) atoms. The van der Waals surface area contributed by atoms with Gasteiger partial charge in [-0.05, 0) is 48.7 Å². The number of carbonyl (C=O) groups is 2. The van der Waals surface area contributed by atoms with Gasteiger partial charge in [-0.2, -0.15) is 0 Å². The summed E-state index contributed by atoms with van der Waals surface area (Å²) in [6.07, 6.45) is 2.38. The van der Waals surface area contributed by atoms with Crippen molar-refractivity contribution in [3.8, 4) is 17.4 Å². The van der Waals surface area contributed by atoms with Crippen molar-refractivity contribution < 1.29 is 23.5 Å². The smallest absolute Gasteiger partial charge is 0.248 e. The molecule has 152 valence electrons. The molecule has 0 saturated carbocycles. The monoisotopic (exact) mass is 406 g/mol. The summed E-state index contributed by atoms with van der Waals surface area (Å²) in [5, 5.41) is 0. The maximum absolute atomic E-state index is 14.6. The Morgan fingerprint density at radius 2 is 1.97 bits per heavy atom. The molecule has 1 aromatic heterocycles. The first-order chi connectivity index (χ1) is 14.4. The molecule has 2 N–H and O–H groups in total. The minimum Gasteiger partial charge on any atom is -0.492 e. The Hall–Kier alpha value is -3.74. The first-order valence-electron chi connectivity index (χ1n) is 9.43. The van der Waals surface area contributed by atoms with Gasteiger partial charge in [-0.3, -0.25) is 9.59 Å². The second kappa shape index (κ2) is 7.94. The third-order valence-corrected chi connectivity index (χ3v) is 4.94. The van der Waals surface area contributed by atoms with E-state index < -0.39 is 11.7 Å². The normalized spacial score (nSPS) is 12.8. The van der Waals surface area contributed by atoms with Crippen LogP contribution < -0.4 is 15.2 Å². The second-order valence-electron chi connectivity index (χ2n) is 7.05. The number of nitrogens with zero attached hydrogens (tertiary/aromatic N) is 1. The number of ether oxygens (including phenoxy) is 2. The topological polar surface area (TPSA) is 91.5 Å². The van der Waals surface area contributed by atoms with Gasteiger partial charge in [0.1, 0.15) is 5.75 Å². The van der Waals surface area contributed by atoms with Gasteiger partial charge in [0.2, 0.25) is 11.8 Å². The number of aromatic nitrogens is 1. The van der Waals surface area contributed by atoms with E-state index in [9.17, 15) is 14.0 Å². The van der Waals surface area contributed by atoms with Gasteiger partial charge in [0.25, 0.3) is 0 Å². The summed E-state index contributed by atoms with van der Waals surface area (Å²) >= 11 is 0. The van der Waals surface area contributed by atoms with Crippen molar-refractivity contribution in [3.63, 3.8) is 0 Å². The van der Waals surface area contributed by atoms with Crippen molar-refractivity contribution in [3.05, 3.63) is 82.3 Å². The highest BCUT2D eigenvalue weighted by Crippen LogP contribution is 2.38. The van der Waals surface area contributed by atoms with Crippen LogP contribution in [0.15, 0.2) is 48.7 Å². The fourth-order valence-electron chi connectivity index (χ4n) is 3.38. The predicted molar refractivity (Wildman–Crippen MR) is 108 cm³/mol. The van der Waals surface area contributed by atoms with Gasteiger partial charge in [-0.15, -0.1) is 0 Å². The van der Waals surface area contributed by atoms with Crippen LogP contribution in [-0.2, 0) is 6.42 Å². The van der Waals surface area contributed by atoms with E-state index in [1.54, 1.807) is 31.3 Å². The summed E-state index contributed by atoms with van der Waals surface area (Å²) in [7, 11) is 0. The number of rotatable bonds is 5. The van der Waals surface area contributed by atoms with Crippen molar-refractivity contribution in [2.75, 3.05) is 6.61 Å². The van der Waals surface area contributed by atoms with Crippen LogP contribution >= 0.6 is 0 Å². The summed E-state index contributed by atoms with van der Waals surface area (Å²) < 4.78 is 25.9. The molecule has 0 unspecified atom stereocenters. The molecule has 2 heterocycles. The lowest BCUT2D eigenvalue weighted by molar-refractivity contribution is 0.0930. The number of amides is 1. The molecule has 0 fully saturated rings. The van der Waals surface area contributed by atoms with Gasteiger partial charge in [-0.25, -0.2) is 9.37 Å². The molecule has 0 bridgehead atoms. The van der Waals surface area contributed by atoms with E-state index in [1.807, 2.05) is 18.2 Å². The van der Waals surface area contributed by atoms with Crippen molar-refractivity contribution >= 4 is 11.7 Å². The Morgan fingerprint density at radius 1 is 1.20 bits per heavy atom. The van der Waals surface area contributed by atoms with Gasteiger partial charge in [0, 0.05) is 29.8 Å². The first-order valence-corrected chi connectivity index (χ1v) is 9.43. The Bertz CT molecular complexity index is 1140. The first kappa shape index (κ1) is 19.6. The Morgan fingerprint density at radius 3 is 2.70 bits per heavy atom. The molecule has 0 spiro atoms. The molecule has 2 aromatic carbocycles. The van der Waals surface area contributed by atoms with Crippen LogP contribution in [0, 0.1) is 12.7 Å². The van der Waals surface area contributed by atoms with E-state index in [1.165, 1.54) is 0 Å². The number of fused-ring (bicyclic) bond motifs is 1. The van der Waals surface area contributed by atoms with E-state index >= 15 is 0 Å². The number of benzene rings is 2. The molecular formula is C23H19FN2O4. The van der Waals surface area contributed by atoms with Crippen molar-refractivity contribution in [2.24, 2.45) is 5.73 Å². The van der Waals surface area contributed by atoms with Crippen LogP contribution in [0.1, 0.15) is 43.8 Å². The van der Waals surface area contributed by atoms with E-state index in [4.69, 9.17) is 15.2 Å². The molecule has 7 heteroatoms. The highest BCUT2D eigenvalue weighted by molar-refractivity contribution is 6.00. The number of ketones is 1. The largest absolute Gasteiger partial charge is 0.492 e. The lowest BCUT2D eigenvalue weighted by Gasteiger charge is -2.20. The van der Waals surface area contributed by atoms with E-state index in [0.717, 1.165) is 17.2 Å². The quantitative estimate of drug-likeness (QED) is 0.692. The number of pyridine rings is 1. The molecule has 1 aliphatic heterocycles. The van der Waals surface area contributed by atoms with Gasteiger partial charge in [0.15, 0.2) is 17.3 Å². The van der Waals surface area contributed by atoms with Gasteiger partial charge in [-0.1, -0.05) is 12.1 Å². The van der Waals surface area contributed by atoms with Crippen molar-refractivity contribution in [2.45, 2.75) is 19.8 Å². The predicted octanol–water partition coefficient (Wildman–Crippen LogP) is 3.98. The molecule has 6 nitrogen and oxygen atoms in total. The minimum absolute atomic E-state index is 0.0149. The molecular weight excluding hydrogens is 387 g/mol. The third-order valence-electron chi connectivity index (χ3n) is 4.94. The summed E-state index contributed by atoms with van der Waals surface area (Å²) in [5.41, 5.74) is 8.24. The number of carbonyl (C=O) groups excluding carboxylic acids is 2. The molecule has 1 amide bonds. The fourth-order valence-corrected chi connectivity index (χ4v) is 3.38. The highest BCUT2D eigenvalue weighted by Gasteiger charge is 2.26. The van der Waals surface area contributed by atoms with Gasteiger partial charge < -0.3 is 15.2 Å². The molecule has 0 atom stereocenters. The Balaban J connectivity index is 1.58. The van der Waals surface area contributed by atoms with Crippen LogP contribution in [0.2, 0.25) is 0 Å². The van der Waals surface area contributed by atoms with Crippen molar-refractivity contribution in [1.82, 2.24) is 4.98 Å². The second-order valence-corrected chi connectivity index (χ2v) is 7.05. The number of Topliss-reactive ketones (excluding diaryl/α,β-unsaturated/α-hetero) is 1. The summed E-state index contributed by atoms with van der Waals surface area (Å²) in [6, 6.07) is 11.7. The summed E-state index contributed by atoms with van der Waals surface area (Å²) in [4.78, 5) is 27.4. The van der Waals surface area contributed by atoms with Gasteiger partial charge >= 0.3 is 0 Å². The number of halogens is 1. The van der Waals surface area contributed by atoms with E-state index in [2.05, 4.69) is 4.98 Å². The summed E-state index contributed by atoms with van der Waals surface area (Å²) in [5.74, 6) is -0.696. The lowest BCUT2D eigenvalue weighted by atomic mass is 10.0. The maximum atomic E-state index is 14.6. The van der Waals surface area contributed by atoms with Crippen LogP contribution in [-0.4, -0.2) is 23.3 Å². The van der Waals surface area contributed by atoms with Crippen LogP contribution in [0.3, 0.4) is 0 Å². The molecule has 0 radical (unpaired) electrons. The van der Waals surface area contributed by atoms with E-state index in [0.29, 0.717) is 23.3 Å². The molecule has 3 aromatic rings. The third kappa shape index (κ3) is 3.87. The average Bonchev–Trinajstić information content (AvgIpc) is 2.73. The fraction of sp³-hybridized carbons (Fsp3) is 0.174. The molecule has 1 aliphatic rings. The maximum Gasteiger partial charge on any atom is 0.248 e. The number of hydrogen-bond donors (Lipinski definition) is 1. The number of hydrogen-bond acceptors (Lipinski definition) is 5. The average molecular weight is 406 g/mol. The molecule has 0 aliphatic carbocycles. The Labute approximate surface area is 172 Å². The molecule has 0 saturated heterocycles. The molecule has 4 rings (SSSR count). The zero-order chi connectivity index (χ0) is 21.3. The van der Waals surface area contributed by atoms with Crippen LogP contribution in [0.5, 0.6) is 17.4 Å². The van der Waals surface area contributed by atoms with Crippen LogP contribution in [0.4, 0.5) is 4.39 Å². The highest BCUT2D eigenvalue weighted by atomic mass is 19.1. The van der Waals surface area contributed by atoms with Crippen LogP contribution in [0.25, 0.3) is 0 Å². The zero-order valence-corrected chi connectivity index (χ0v) is 16.3. The standard InChI is InChI=1S/C23H19FN2O4/c1-13-21-17(19(27)7-9-29-21)12-18(24)22(13)30-20-11-15(6-8-26-20)10-14-2-4-16(5-3-14)23(25)28/h2-6,8,11-12H,7,9-10H2,1H3,(H2,25,28). The number of nitrogens with two attached hydrogens (primary N) is 1. The van der Waals surface area contributed by atoms with Gasteiger partial charge in [0.05, 0.1) is 12.2 Å². The van der Waals surface area contributed by atoms with E-state index in [-0.39, 0.29) is 36.0 Å². The van der Waals surface area contributed by atoms with Crippen molar-refractivity contribution in [1.29, 1.82) is 0 Å². The lowest BCUT2D eigenvalue weighted by Crippen LogP contribution is -2.17. The minimum atomic E-state index is -0.639. The number of primary amides is 1. The Kier molecular flexibility index (Phi) is 5.18.